The van der Waals surface area contributed by atoms with Crippen LogP contribution < -0.4 is 4.74 Å². The van der Waals surface area contributed by atoms with Crippen molar-refractivity contribution >= 4 is 6.16 Å². The van der Waals surface area contributed by atoms with Crippen molar-refractivity contribution < 1.29 is 14.3 Å². The molecule has 0 bridgehead atoms. The molecule has 0 aliphatic rings. The van der Waals surface area contributed by atoms with Crippen molar-refractivity contribution in [2.24, 2.45) is 0 Å². The Hall–Kier alpha value is -2.30. The highest BCUT2D eigenvalue weighted by Gasteiger charge is 2.07. The summed E-state index contributed by atoms with van der Waals surface area (Å²) < 4.78 is 11.1. The molecule has 5 nitrogen and oxygen atoms in total. The molecular formula is C13H14N2O3. The van der Waals surface area contributed by atoms with Crippen molar-refractivity contribution in [1.29, 1.82) is 0 Å². The van der Waals surface area contributed by atoms with Crippen LogP contribution in [0.3, 0.4) is 0 Å². The van der Waals surface area contributed by atoms with Crippen molar-refractivity contribution in [3.63, 3.8) is 0 Å². The molecule has 0 unspecified atom stereocenters. The molecule has 0 radical (unpaired) electrons. The normalized spacial score (nSPS) is 10.1. The van der Waals surface area contributed by atoms with Crippen LogP contribution in [0.2, 0.25) is 0 Å². The van der Waals surface area contributed by atoms with E-state index in [-0.39, 0.29) is 5.88 Å². The highest BCUT2D eigenvalue weighted by atomic mass is 16.7. The van der Waals surface area contributed by atoms with Gasteiger partial charge in [0.25, 0.3) is 0 Å². The zero-order valence-corrected chi connectivity index (χ0v) is 10.3. The zero-order chi connectivity index (χ0) is 13.0. The number of hydrogen-bond donors (Lipinski definition) is 0. The number of carbonyl (C=O) groups is 1. The van der Waals surface area contributed by atoms with E-state index in [4.69, 9.17) is 4.74 Å². The minimum atomic E-state index is -0.767. The van der Waals surface area contributed by atoms with E-state index in [9.17, 15) is 4.79 Å². The molecule has 0 amide bonds. The van der Waals surface area contributed by atoms with Crippen LogP contribution in [0.4, 0.5) is 4.79 Å². The lowest BCUT2D eigenvalue weighted by Crippen LogP contribution is -2.07. The van der Waals surface area contributed by atoms with Crippen molar-refractivity contribution in [3.8, 4) is 5.88 Å². The van der Waals surface area contributed by atoms with E-state index >= 15 is 0 Å². The van der Waals surface area contributed by atoms with Gasteiger partial charge in [0.05, 0.1) is 19.6 Å². The lowest BCUT2D eigenvalue weighted by atomic mass is 10.1. The van der Waals surface area contributed by atoms with E-state index in [1.54, 1.807) is 12.5 Å². The number of carbonyl (C=O) groups excluding carboxylic acids is 1. The van der Waals surface area contributed by atoms with Gasteiger partial charge in [0.15, 0.2) is 0 Å². The zero-order valence-electron chi connectivity index (χ0n) is 10.3. The number of rotatable bonds is 3. The minimum Gasteiger partial charge on any atom is -0.437 e. The SMILES string of the molecule is COC(=O)Oc1cn(Cc2ccccc2C)cn1. The Bertz CT molecular complexity index is 549. The molecule has 1 aromatic heterocycles. The van der Waals surface area contributed by atoms with Crippen molar-refractivity contribution in [3.05, 3.63) is 47.9 Å². The monoisotopic (exact) mass is 246 g/mol. The van der Waals surface area contributed by atoms with Crippen LogP contribution in [-0.4, -0.2) is 22.8 Å². The lowest BCUT2D eigenvalue weighted by Gasteiger charge is -2.05. The van der Waals surface area contributed by atoms with E-state index in [2.05, 4.69) is 28.8 Å². The summed E-state index contributed by atoms with van der Waals surface area (Å²) >= 11 is 0. The predicted octanol–water partition coefficient (Wildman–Crippen LogP) is 2.39. The summed E-state index contributed by atoms with van der Waals surface area (Å²) in [6.07, 6.45) is 2.50. The molecule has 1 heterocycles. The minimum absolute atomic E-state index is 0.232. The van der Waals surface area contributed by atoms with Gasteiger partial charge in [-0.05, 0) is 18.1 Å². The number of aryl methyl sites for hydroxylation is 1. The molecule has 0 saturated carbocycles. The quantitative estimate of drug-likeness (QED) is 0.780. The number of methoxy groups -OCH3 is 1. The molecule has 0 aliphatic carbocycles. The summed E-state index contributed by atoms with van der Waals surface area (Å²) in [5, 5.41) is 0. The number of nitrogens with zero attached hydrogens (tertiary/aromatic N) is 2. The standard InChI is InChI=1S/C13H14N2O3/c1-10-5-3-4-6-11(10)7-15-8-12(14-9-15)18-13(16)17-2/h3-6,8-9H,7H2,1-2H3. The van der Waals surface area contributed by atoms with Crippen LogP contribution >= 0.6 is 0 Å². The molecule has 5 heteroatoms. The van der Waals surface area contributed by atoms with Crippen LogP contribution in [-0.2, 0) is 11.3 Å². The fraction of sp³-hybridized carbons (Fsp3) is 0.231. The van der Waals surface area contributed by atoms with Crippen molar-refractivity contribution in [2.45, 2.75) is 13.5 Å². The van der Waals surface area contributed by atoms with Gasteiger partial charge in [-0.3, -0.25) is 0 Å². The van der Waals surface area contributed by atoms with Gasteiger partial charge in [-0.1, -0.05) is 24.3 Å². The Morgan fingerprint density at radius 2 is 2.17 bits per heavy atom. The molecular weight excluding hydrogens is 232 g/mol. The maximum atomic E-state index is 10.9. The number of imidazole rings is 1. The Morgan fingerprint density at radius 1 is 1.39 bits per heavy atom. The first kappa shape index (κ1) is 12.2. The van der Waals surface area contributed by atoms with Gasteiger partial charge in [-0.15, -0.1) is 0 Å². The van der Waals surface area contributed by atoms with Gasteiger partial charge < -0.3 is 14.0 Å². The van der Waals surface area contributed by atoms with E-state index in [0.717, 1.165) is 0 Å². The highest BCUT2D eigenvalue weighted by molar-refractivity contribution is 5.62. The first-order valence-corrected chi connectivity index (χ1v) is 5.51. The Balaban J connectivity index is 2.07. The fourth-order valence-corrected chi connectivity index (χ4v) is 1.59. The van der Waals surface area contributed by atoms with Gasteiger partial charge in [-0.2, -0.15) is 0 Å². The van der Waals surface area contributed by atoms with Crippen LogP contribution in [0.5, 0.6) is 5.88 Å². The number of hydrogen-bond acceptors (Lipinski definition) is 4. The van der Waals surface area contributed by atoms with Gasteiger partial charge in [0, 0.05) is 6.54 Å². The van der Waals surface area contributed by atoms with E-state index in [1.165, 1.54) is 18.2 Å². The molecule has 2 aromatic rings. The van der Waals surface area contributed by atoms with Crippen LogP contribution in [0, 0.1) is 6.92 Å². The van der Waals surface area contributed by atoms with Gasteiger partial charge >= 0.3 is 6.16 Å². The average Bonchev–Trinajstić information content (AvgIpc) is 2.79. The van der Waals surface area contributed by atoms with Crippen LogP contribution in [0.15, 0.2) is 36.8 Å². The Labute approximate surface area is 105 Å². The molecule has 0 aliphatic heterocycles. The number of benzene rings is 1. The van der Waals surface area contributed by atoms with Gasteiger partial charge in [0.2, 0.25) is 5.88 Å². The number of ether oxygens (including phenoxy) is 2. The third-order valence-corrected chi connectivity index (χ3v) is 2.58. The van der Waals surface area contributed by atoms with Crippen molar-refractivity contribution in [1.82, 2.24) is 9.55 Å². The molecule has 2 rings (SSSR count). The predicted molar refractivity (Wildman–Crippen MR) is 65.5 cm³/mol. The fourth-order valence-electron chi connectivity index (χ4n) is 1.59. The number of aromatic nitrogens is 2. The molecule has 0 saturated heterocycles. The third-order valence-electron chi connectivity index (χ3n) is 2.58. The molecule has 0 fully saturated rings. The second-order valence-electron chi connectivity index (χ2n) is 3.87. The maximum absolute atomic E-state index is 10.9. The summed E-state index contributed by atoms with van der Waals surface area (Å²) in [6, 6.07) is 8.10. The van der Waals surface area contributed by atoms with Crippen LogP contribution in [0.1, 0.15) is 11.1 Å². The molecule has 0 spiro atoms. The summed E-state index contributed by atoms with van der Waals surface area (Å²) in [6.45, 7) is 2.74. The second-order valence-corrected chi connectivity index (χ2v) is 3.87. The smallest absolute Gasteiger partial charge is 0.437 e. The first-order chi connectivity index (χ1) is 8.69. The van der Waals surface area contributed by atoms with Gasteiger partial charge in [-0.25, -0.2) is 9.78 Å². The molecule has 0 atom stereocenters. The van der Waals surface area contributed by atoms with Crippen molar-refractivity contribution in [2.75, 3.05) is 7.11 Å². The maximum Gasteiger partial charge on any atom is 0.514 e. The molecule has 0 N–H and O–H groups in total. The van der Waals surface area contributed by atoms with Crippen LogP contribution in [0.25, 0.3) is 0 Å². The second kappa shape index (κ2) is 5.35. The molecule has 1 aromatic carbocycles. The largest absolute Gasteiger partial charge is 0.514 e. The Kier molecular flexibility index (Phi) is 3.62. The topological polar surface area (TPSA) is 53.4 Å². The van der Waals surface area contributed by atoms with E-state index in [0.29, 0.717) is 6.54 Å². The summed E-state index contributed by atoms with van der Waals surface area (Å²) in [5.74, 6) is 0.232. The molecule has 18 heavy (non-hydrogen) atoms. The summed E-state index contributed by atoms with van der Waals surface area (Å²) in [5.41, 5.74) is 2.40. The lowest BCUT2D eigenvalue weighted by molar-refractivity contribution is 0.120. The van der Waals surface area contributed by atoms with E-state index < -0.39 is 6.16 Å². The highest BCUT2D eigenvalue weighted by Crippen LogP contribution is 2.12. The molecule has 94 valence electrons. The Morgan fingerprint density at radius 3 is 2.89 bits per heavy atom. The van der Waals surface area contributed by atoms with Gasteiger partial charge in [0.1, 0.15) is 0 Å². The average molecular weight is 246 g/mol. The summed E-state index contributed by atoms with van der Waals surface area (Å²) in [7, 11) is 1.26. The first-order valence-electron chi connectivity index (χ1n) is 5.51. The van der Waals surface area contributed by atoms with E-state index in [1.807, 2.05) is 16.7 Å². The third kappa shape index (κ3) is 2.88. The summed E-state index contributed by atoms with van der Waals surface area (Å²) in [4.78, 5) is 14.9.